The highest BCUT2D eigenvalue weighted by Crippen LogP contribution is 2.46. The molecule has 0 unspecified atom stereocenters. The number of aliphatic hydroxyl groups is 2. The van der Waals surface area contributed by atoms with Gasteiger partial charge in [0.2, 0.25) is 0 Å². The first-order valence-electron chi connectivity index (χ1n) is 7.20. The molecular formula is C16H26O2. The summed E-state index contributed by atoms with van der Waals surface area (Å²) < 4.78 is 0. The van der Waals surface area contributed by atoms with Gasteiger partial charge in [0, 0.05) is 5.41 Å². The summed E-state index contributed by atoms with van der Waals surface area (Å²) in [6.45, 7) is 4.46. The van der Waals surface area contributed by atoms with Crippen LogP contribution in [0.1, 0.15) is 39.5 Å². The van der Waals surface area contributed by atoms with Gasteiger partial charge >= 0.3 is 0 Å². The zero-order chi connectivity index (χ0) is 13.2. The zero-order valence-corrected chi connectivity index (χ0v) is 11.5. The molecule has 0 saturated carbocycles. The number of allylic oxidation sites excluding steroid dienone is 4. The van der Waals surface area contributed by atoms with Crippen LogP contribution in [0, 0.1) is 23.2 Å². The van der Waals surface area contributed by atoms with Gasteiger partial charge in [-0.25, -0.2) is 0 Å². The molecule has 0 aromatic heterocycles. The molecule has 2 aliphatic carbocycles. The second-order valence-electron chi connectivity index (χ2n) is 6.23. The molecule has 2 heteroatoms. The van der Waals surface area contributed by atoms with Gasteiger partial charge in [-0.1, -0.05) is 38.2 Å². The molecule has 0 aromatic carbocycles. The largest absolute Gasteiger partial charge is 0.396 e. The average molecular weight is 250 g/mol. The first-order valence-corrected chi connectivity index (χ1v) is 7.20. The first kappa shape index (κ1) is 13.8. The van der Waals surface area contributed by atoms with Crippen molar-refractivity contribution in [1.82, 2.24) is 0 Å². The van der Waals surface area contributed by atoms with Gasteiger partial charge in [0.1, 0.15) is 0 Å². The normalized spacial score (nSPS) is 41.9. The van der Waals surface area contributed by atoms with Crippen LogP contribution in [0.5, 0.6) is 0 Å². The van der Waals surface area contributed by atoms with Crippen LogP contribution in [0.2, 0.25) is 0 Å². The smallest absolute Gasteiger partial charge is 0.0657 e. The molecule has 0 amide bonds. The predicted octanol–water partition coefficient (Wildman–Crippen LogP) is 2.91. The minimum Gasteiger partial charge on any atom is -0.396 e. The van der Waals surface area contributed by atoms with Crippen molar-refractivity contribution in [1.29, 1.82) is 0 Å². The number of rotatable bonds is 3. The quantitative estimate of drug-likeness (QED) is 0.756. The van der Waals surface area contributed by atoms with E-state index < -0.39 is 6.10 Å². The van der Waals surface area contributed by atoms with Crippen LogP contribution in [0.4, 0.5) is 0 Å². The van der Waals surface area contributed by atoms with E-state index in [-0.39, 0.29) is 17.9 Å². The Labute approximate surface area is 110 Å². The van der Waals surface area contributed by atoms with Gasteiger partial charge in [-0.2, -0.15) is 0 Å². The Morgan fingerprint density at radius 1 is 1.11 bits per heavy atom. The van der Waals surface area contributed by atoms with E-state index in [1.165, 1.54) is 0 Å². The van der Waals surface area contributed by atoms with Gasteiger partial charge in [-0.3, -0.25) is 0 Å². The lowest BCUT2D eigenvalue weighted by atomic mass is 9.61. The van der Waals surface area contributed by atoms with Crippen molar-refractivity contribution in [2.75, 3.05) is 6.61 Å². The molecule has 0 radical (unpaired) electrons. The average Bonchev–Trinajstić information content (AvgIpc) is 2.39. The molecule has 0 aliphatic heterocycles. The molecule has 0 bridgehead atoms. The summed E-state index contributed by atoms with van der Waals surface area (Å²) in [6, 6.07) is 0. The molecule has 0 aromatic rings. The lowest BCUT2D eigenvalue weighted by molar-refractivity contribution is -0.0948. The van der Waals surface area contributed by atoms with Gasteiger partial charge in [-0.05, 0) is 43.4 Å². The standard InChI is InChI=1S/C16H26O2/c1-12-7-3-4-9-14(12)15(18)16(11-17)10-6-5-8-13(16)2/h3-6,12-15,17-18H,7-11H2,1-2H3/t12-,13-,14+,15-,16-/m0/s1. The Morgan fingerprint density at radius 2 is 1.78 bits per heavy atom. The van der Waals surface area contributed by atoms with E-state index >= 15 is 0 Å². The Bertz CT molecular complexity index is 334. The van der Waals surface area contributed by atoms with Crippen molar-refractivity contribution in [3.05, 3.63) is 24.3 Å². The van der Waals surface area contributed by atoms with E-state index in [4.69, 9.17) is 0 Å². The van der Waals surface area contributed by atoms with Crippen molar-refractivity contribution in [2.24, 2.45) is 23.2 Å². The summed E-state index contributed by atoms with van der Waals surface area (Å²) >= 11 is 0. The minimum atomic E-state index is -0.401. The number of aliphatic hydroxyl groups excluding tert-OH is 2. The van der Waals surface area contributed by atoms with Crippen molar-refractivity contribution < 1.29 is 10.2 Å². The molecule has 0 saturated heterocycles. The summed E-state index contributed by atoms with van der Waals surface area (Å²) in [5.74, 6) is 1.14. The Kier molecular flexibility index (Phi) is 4.29. The fourth-order valence-electron chi connectivity index (χ4n) is 3.60. The van der Waals surface area contributed by atoms with E-state index in [0.29, 0.717) is 11.8 Å². The van der Waals surface area contributed by atoms with E-state index in [9.17, 15) is 10.2 Å². The summed E-state index contributed by atoms with van der Waals surface area (Å²) in [5.41, 5.74) is -0.334. The third-order valence-corrected chi connectivity index (χ3v) is 5.24. The monoisotopic (exact) mass is 250 g/mol. The Balaban J connectivity index is 2.21. The van der Waals surface area contributed by atoms with E-state index in [1.54, 1.807) is 0 Å². The van der Waals surface area contributed by atoms with Crippen LogP contribution in [-0.2, 0) is 0 Å². The highest BCUT2D eigenvalue weighted by molar-refractivity contribution is 5.07. The highest BCUT2D eigenvalue weighted by atomic mass is 16.3. The van der Waals surface area contributed by atoms with Crippen LogP contribution in [0.3, 0.4) is 0 Å². The molecule has 2 rings (SSSR count). The van der Waals surface area contributed by atoms with Crippen LogP contribution >= 0.6 is 0 Å². The van der Waals surface area contributed by atoms with Crippen LogP contribution in [0.25, 0.3) is 0 Å². The molecule has 2 N–H and O–H groups in total. The third-order valence-electron chi connectivity index (χ3n) is 5.24. The van der Waals surface area contributed by atoms with Gasteiger partial charge < -0.3 is 10.2 Å². The topological polar surface area (TPSA) is 40.5 Å². The van der Waals surface area contributed by atoms with Gasteiger partial charge in [0.05, 0.1) is 12.7 Å². The van der Waals surface area contributed by atoms with E-state index in [1.807, 2.05) is 0 Å². The van der Waals surface area contributed by atoms with Crippen LogP contribution in [-0.4, -0.2) is 22.9 Å². The van der Waals surface area contributed by atoms with Crippen molar-refractivity contribution in [3.63, 3.8) is 0 Å². The molecule has 18 heavy (non-hydrogen) atoms. The molecule has 2 aliphatic rings. The third kappa shape index (κ3) is 2.28. The lowest BCUT2D eigenvalue weighted by Gasteiger charge is -2.47. The predicted molar refractivity (Wildman–Crippen MR) is 74.1 cm³/mol. The van der Waals surface area contributed by atoms with Gasteiger partial charge in [0.25, 0.3) is 0 Å². The van der Waals surface area contributed by atoms with Crippen molar-refractivity contribution >= 4 is 0 Å². The van der Waals surface area contributed by atoms with Crippen molar-refractivity contribution in [2.45, 2.75) is 45.6 Å². The molecule has 0 heterocycles. The number of hydrogen-bond acceptors (Lipinski definition) is 2. The van der Waals surface area contributed by atoms with Gasteiger partial charge in [-0.15, -0.1) is 0 Å². The maximum absolute atomic E-state index is 10.9. The Morgan fingerprint density at radius 3 is 2.39 bits per heavy atom. The molecule has 102 valence electrons. The minimum absolute atomic E-state index is 0.0899. The van der Waals surface area contributed by atoms with E-state index in [2.05, 4.69) is 38.2 Å². The maximum Gasteiger partial charge on any atom is 0.0657 e. The summed E-state index contributed by atoms with van der Waals surface area (Å²) in [5, 5.41) is 20.7. The van der Waals surface area contributed by atoms with Crippen LogP contribution in [0.15, 0.2) is 24.3 Å². The number of hydrogen-bond donors (Lipinski definition) is 2. The molecular weight excluding hydrogens is 224 g/mol. The molecule has 2 nitrogen and oxygen atoms in total. The first-order chi connectivity index (χ1) is 8.62. The van der Waals surface area contributed by atoms with Gasteiger partial charge in [0.15, 0.2) is 0 Å². The fraction of sp³-hybridized carbons (Fsp3) is 0.750. The summed E-state index contributed by atoms with van der Waals surface area (Å²) in [7, 11) is 0. The molecule has 0 spiro atoms. The SMILES string of the molecule is C[C@H]1CC=CC[C@H]1[C@H](O)[C@]1(CO)CC=CC[C@@H]1C. The Hall–Kier alpha value is -0.600. The highest BCUT2D eigenvalue weighted by Gasteiger charge is 2.46. The summed E-state index contributed by atoms with van der Waals surface area (Å²) in [6.07, 6.45) is 12.1. The van der Waals surface area contributed by atoms with Crippen LogP contribution < -0.4 is 0 Å². The second kappa shape index (κ2) is 5.58. The maximum atomic E-state index is 10.9. The molecule has 5 atom stereocenters. The zero-order valence-electron chi connectivity index (χ0n) is 11.5. The summed E-state index contributed by atoms with van der Waals surface area (Å²) in [4.78, 5) is 0. The fourth-order valence-corrected chi connectivity index (χ4v) is 3.60. The second-order valence-corrected chi connectivity index (χ2v) is 6.23. The van der Waals surface area contributed by atoms with E-state index in [0.717, 1.165) is 25.7 Å². The molecule has 0 fully saturated rings. The lowest BCUT2D eigenvalue weighted by Crippen LogP contribution is -2.50. The van der Waals surface area contributed by atoms with Crippen molar-refractivity contribution in [3.8, 4) is 0 Å².